The van der Waals surface area contributed by atoms with Crippen LogP contribution >= 0.6 is 0 Å². The molecule has 2 aliphatic heterocycles. The summed E-state index contributed by atoms with van der Waals surface area (Å²) in [5.74, 6) is 1.52. The number of hydrogen-bond acceptors (Lipinski definition) is 6. The number of nitrogens with zero attached hydrogens (tertiary/aromatic N) is 3. The molecule has 2 aromatic carbocycles. The van der Waals surface area contributed by atoms with Crippen LogP contribution in [0.1, 0.15) is 27.2 Å². The van der Waals surface area contributed by atoms with Gasteiger partial charge in [0, 0.05) is 68.5 Å². The number of piperazine rings is 1. The average molecular weight is 510 g/mol. The summed E-state index contributed by atoms with van der Waals surface area (Å²) < 4.78 is 11.0. The summed E-state index contributed by atoms with van der Waals surface area (Å²) in [4.78, 5) is 25.6. The lowest BCUT2D eigenvalue weighted by Gasteiger charge is -2.35. The Morgan fingerprint density at radius 1 is 0.921 bits per heavy atom. The molecule has 8 nitrogen and oxygen atoms in total. The number of aromatic amines is 1. The van der Waals surface area contributed by atoms with Gasteiger partial charge in [0.2, 0.25) is 6.79 Å². The van der Waals surface area contributed by atoms with Gasteiger partial charge in [-0.1, -0.05) is 36.4 Å². The van der Waals surface area contributed by atoms with Crippen LogP contribution in [0.5, 0.6) is 11.5 Å². The molecule has 0 radical (unpaired) electrons. The standard InChI is InChI=1S/C30H31N5O3/c1-21-28(33-30(36)24-9-11-31-12-10-24)25(29(32-21)23-5-3-2-4-6-23)19-35-15-13-34(14-16-35)18-22-7-8-26-27(17-22)38-20-37-26/h2-12,17,32H,13-16,18-20H2,1H3,(H,33,36). The van der Waals surface area contributed by atoms with E-state index in [1.165, 1.54) is 5.56 Å². The zero-order valence-corrected chi connectivity index (χ0v) is 21.4. The predicted molar refractivity (Wildman–Crippen MR) is 146 cm³/mol. The van der Waals surface area contributed by atoms with Crippen LogP contribution in [0.15, 0.2) is 73.1 Å². The number of amides is 1. The van der Waals surface area contributed by atoms with Gasteiger partial charge in [0.25, 0.3) is 5.91 Å². The van der Waals surface area contributed by atoms with E-state index in [1.807, 2.05) is 31.2 Å². The number of aryl methyl sites for hydroxylation is 1. The Hall–Kier alpha value is -4.14. The summed E-state index contributed by atoms with van der Waals surface area (Å²) in [5.41, 5.74) is 6.89. The van der Waals surface area contributed by atoms with Crippen LogP contribution < -0.4 is 14.8 Å². The maximum absolute atomic E-state index is 13.1. The number of aromatic nitrogens is 2. The highest BCUT2D eigenvalue weighted by Gasteiger charge is 2.24. The second-order valence-corrected chi connectivity index (χ2v) is 9.77. The van der Waals surface area contributed by atoms with E-state index in [0.29, 0.717) is 12.4 Å². The van der Waals surface area contributed by atoms with Gasteiger partial charge in [-0.3, -0.25) is 19.6 Å². The molecule has 0 atom stereocenters. The Labute approximate surface area is 222 Å². The predicted octanol–water partition coefficient (Wildman–Crippen LogP) is 4.68. The third-order valence-electron chi connectivity index (χ3n) is 7.22. The average Bonchev–Trinajstić information content (AvgIpc) is 3.55. The lowest BCUT2D eigenvalue weighted by Crippen LogP contribution is -2.45. The summed E-state index contributed by atoms with van der Waals surface area (Å²) in [6.45, 7) is 7.78. The zero-order valence-electron chi connectivity index (χ0n) is 21.4. The molecular weight excluding hydrogens is 478 g/mol. The topological polar surface area (TPSA) is 82.7 Å². The number of anilines is 1. The van der Waals surface area contributed by atoms with Crippen molar-refractivity contribution in [3.8, 4) is 22.8 Å². The largest absolute Gasteiger partial charge is 0.454 e. The SMILES string of the molecule is Cc1[nH]c(-c2ccccc2)c(CN2CCN(Cc3ccc4c(c3)OCO4)CC2)c1NC(=O)c1ccncc1. The molecule has 1 saturated heterocycles. The van der Waals surface area contributed by atoms with E-state index < -0.39 is 0 Å². The second kappa shape index (κ2) is 10.7. The zero-order chi connectivity index (χ0) is 25.9. The lowest BCUT2D eigenvalue weighted by atomic mass is 10.1. The Balaban J connectivity index is 1.18. The Morgan fingerprint density at radius 3 is 2.39 bits per heavy atom. The molecule has 0 spiro atoms. The van der Waals surface area contributed by atoms with E-state index in [4.69, 9.17) is 9.47 Å². The number of carbonyl (C=O) groups excluding carboxylic acids is 1. The van der Waals surface area contributed by atoms with E-state index in [2.05, 4.69) is 49.4 Å². The number of fused-ring (bicyclic) bond motifs is 1. The fraction of sp³-hybridized carbons (Fsp3) is 0.267. The van der Waals surface area contributed by atoms with Gasteiger partial charge >= 0.3 is 0 Å². The van der Waals surface area contributed by atoms with Crippen LogP contribution in [-0.4, -0.2) is 58.6 Å². The van der Waals surface area contributed by atoms with Crippen molar-refractivity contribution in [3.05, 3.63) is 95.4 Å². The molecule has 1 amide bonds. The number of pyridine rings is 1. The molecule has 4 heterocycles. The molecule has 1 fully saturated rings. The van der Waals surface area contributed by atoms with Crippen LogP contribution in [0.3, 0.4) is 0 Å². The van der Waals surface area contributed by atoms with Crippen molar-refractivity contribution in [1.82, 2.24) is 19.8 Å². The van der Waals surface area contributed by atoms with Crippen LogP contribution in [0, 0.1) is 6.92 Å². The van der Waals surface area contributed by atoms with Crippen molar-refractivity contribution in [1.29, 1.82) is 0 Å². The minimum atomic E-state index is -0.135. The van der Waals surface area contributed by atoms with Gasteiger partial charge in [0.15, 0.2) is 11.5 Å². The summed E-state index contributed by atoms with van der Waals surface area (Å²) in [7, 11) is 0. The lowest BCUT2D eigenvalue weighted by molar-refractivity contribution is 0.102. The van der Waals surface area contributed by atoms with E-state index in [9.17, 15) is 4.79 Å². The van der Waals surface area contributed by atoms with Crippen LogP contribution in [-0.2, 0) is 13.1 Å². The highest BCUT2D eigenvalue weighted by atomic mass is 16.7. The first-order valence-electron chi connectivity index (χ1n) is 13.0. The Morgan fingerprint density at radius 2 is 1.63 bits per heavy atom. The molecule has 4 aromatic rings. The van der Waals surface area contributed by atoms with Crippen LogP contribution in [0.2, 0.25) is 0 Å². The smallest absolute Gasteiger partial charge is 0.255 e. The number of carbonyl (C=O) groups is 1. The first kappa shape index (κ1) is 24.2. The molecule has 0 bridgehead atoms. The highest BCUT2D eigenvalue weighted by molar-refractivity contribution is 6.05. The van der Waals surface area contributed by atoms with Gasteiger partial charge in [-0.05, 0) is 42.3 Å². The maximum Gasteiger partial charge on any atom is 0.255 e. The van der Waals surface area contributed by atoms with E-state index in [0.717, 1.165) is 79.0 Å². The fourth-order valence-electron chi connectivity index (χ4n) is 5.17. The van der Waals surface area contributed by atoms with Gasteiger partial charge in [-0.25, -0.2) is 0 Å². The number of rotatable bonds is 7. The number of benzene rings is 2. The summed E-state index contributed by atoms with van der Waals surface area (Å²) in [6.07, 6.45) is 3.27. The van der Waals surface area contributed by atoms with Crippen molar-refractivity contribution in [2.24, 2.45) is 0 Å². The molecule has 2 N–H and O–H groups in total. The molecule has 0 aliphatic carbocycles. The molecule has 2 aliphatic rings. The van der Waals surface area contributed by atoms with Gasteiger partial charge in [-0.2, -0.15) is 0 Å². The molecule has 8 heteroatoms. The quantitative estimate of drug-likeness (QED) is 0.376. The molecule has 6 rings (SSSR count). The van der Waals surface area contributed by atoms with Crippen molar-refractivity contribution in [3.63, 3.8) is 0 Å². The second-order valence-electron chi connectivity index (χ2n) is 9.77. The fourth-order valence-corrected chi connectivity index (χ4v) is 5.17. The third kappa shape index (κ3) is 5.14. The first-order chi connectivity index (χ1) is 18.6. The minimum absolute atomic E-state index is 0.135. The van der Waals surface area contributed by atoms with E-state index in [1.54, 1.807) is 24.5 Å². The highest BCUT2D eigenvalue weighted by Crippen LogP contribution is 2.35. The molecule has 0 saturated carbocycles. The normalized spacial score (nSPS) is 15.5. The Bertz CT molecular complexity index is 1410. The van der Waals surface area contributed by atoms with Crippen molar-refractivity contribution in [2.45, 2.75) is 20.0 Å². The monoisotopic (exact) mass is 509 g/mol. The van der Waals surface area contributed by atoms with E-state index in [-0.39, 0.29) is 5.91 Å². The number of nitrogens with one attached hydrogen (secondary N) is 2. The summed E-state index contributed by atoms with van der Waals surface area (Å²) in [6, 6.07) is 20.0. The Kier molecular flexibility index (Phi) is 6.81. The van der Waals surface area contributed by atoms with Gasteiger partial charge in [0.1, 0.15) is 0 Å². The van der Waals surface area contributed by atoms with Crippen LogP contribution in [0.4, 0.5) is 5.69 Å². The number of H-pyrrole nitrogens is 1. The first-order valence-corrected chi connectivity index (χ1v) is 13.0. The molecule has 0 unspecified atom stereocenters. The maximum atomic E-state index is 13.1. The van der Waals surface area contributed by atoms with Gasteiger partial charge in [-0.15, -0.1) is 0 Å². The van der Waals surface area contributed by atoms with Gasteiger partial charge < -0.3 is 19.8 Å². The molecule has 38 heavy (non-hydrogen) atoms. The van der Waals surface area contributed by atoms with Gasteiger partial charge in [0.05, 0.1) is 11.4 Å². The molecule has 2 aromatic heterocycles. The van der Waals surface area contributed by atoms with Crippen molar-refractivity contribution >= 4 is 11.6 Å². The number of ether oxygens (including phenoxy) is 2. The third-order valence-corrected chi connectivity index (χ3v) is 7.22. The summed E-state index contributed by atoms with van der Waals surface area (Å²) in [5, 5.41) is 3.18. The number of hydrogen-bond donors (Lipinski definition) is 2. The summed E-state index contributed by atoms with van der Waals surface area (Å²) >= 11 is 0. The van der Waals surface area contributed by atoms with Crippen LogP contribution in [0.25, 0.3) is 11.3 Å². The molecular formula is C30H31N5O3. The minimum Gasteiger partial charge on any atom is -0.454 e. The van der Waals surface area contributed by atoms with Crippen molar-refractivity contribution < 1.29 is 14.3 Å². The van der Waals surface area contributed by atoms with Crippen molar-refractivity contribution in [2.75, 3.05) is 38.3 Å². The molecule has 194 valence electrons. The van der Waals surface area contributed by atoms with E-state index >= 15 is 0 Å².